The van der Waals surface area contributed by atoms with Crippen molar-refractivity contribution in [1.82, 2.24) is 20.3 Å². The molecular formula is C28H19ClFN5O2S. The van der Waals surface area contributed by atoms with Gasteiger partial charge in [-0.2, -0.15) is 0 Å². The molecule has 0 saturated heterocycles. The molecule has 2 aromatic carbocycles. The van der Waals surface area contributed by atoms with E-state index >= 15 is 0 Å². The second-order valence-electron chi connectivity index (χ2n) is 7.96. The van der Waals surface area contributed by atoms with E-state index in [1.807, 2.05) is 12.1 Å². The third kappa shape index (κ3) is 6.24. The molecule has 0 spiro atoms. The van der Waals surface area contributed by atoms with E-state index in [0.717, 1.165) is 15.1 Å². The summed E-state index contributed by atoms with van der Waals surface area (Å²) in [6, 6.07) is 16.7. The summed E-state index contributed by atoms with van der Waals surface area (Å²) in [4.78, 5) is 25.5. The van der Waals surface area contributed by atoms with Gasteiger partial charge in [0, 0.05) is 23.6 Å². The summed E-state index contributed by atoms with van der Waals surface area (Å²) in [5, 5.41) is 6.44. The number of hydrogen-bond acceptors (Lipinski definition) is 7. The van der Waals surface area contributed by atoms with E-state index in [2.05, 4.69) is 37.4 Å². The van der Waals surface area contributed by atoms with Crippen LogP contribution >= 0.6 is 22.9 Å². The fourth-order valence-corrected chi connectivity index (χ4v) is 4.65. The Kier molecular flexibility index (Phi) is 7.73. The van der Waals surface area contributed by atoms with Crippen LogP contribution in [0.3, 0.4) is 0 Å². The predicted octanol–water partition coefficient (Wildman–Crippen LogP) is 5.98. The van der Waals surface area contributed by atoms with Gasteiger partial charge in [0.25, 0.3) is 5.91 Å². The summed E-state index contributed by atoms with van der Waals surface area (Å²) in [5.74, 6) is 6.60. The number of rotatable bonds is 7. The van der Waals surface area contributed by atoms with Crippen molar-refractivity contribution < 1.29 is 13.9 Å². The molecule has 2 N–H and O–H groups in total. The van der Waals surface area contributed by atoms with E-state index in [4.69, 9.17) is 16.3 Å². The molecule has 5 rings (SSSR count). The number of fused-ring (bicyclic) bond motifs is 1. The lowest BCUT2D eigenvalue weighted by atomic mass is 10.2. The number of anilines is 2. The quantitative estimate of drug-likeness (QED) is 0.245. The number of benzene rings is 2. The molecule has 0 fully saturated rings. The molecule has 1 amide bonds. The van der Waals surface area contributed by atoms with Crippen LogP contribution in [0.1, 0.15) is 20.8 Å². The van der Waals surface area contributed by atoms with E-state index in [0.29, 0.717) is 33.4 Å². The Hall–Kier alpha value is -4.52. The lowest BCUT2D eigenvalue weighted by Gasteiger charge is -2.11. The van der Waals surface area contributed by atoms with Crippen LogP contribution in [0.15, 0.2) is 79.4 Å². The summed E-state index contributed by atoms with van der Waals surface area (Å²) >= 11 is 7.87. The van der Waals surface area contributed by atoms with Gasteiger partial charge in [-0.25, -0.2) is 14.4 Å². The van der Waals surface area contributed by atoms with Crippen LogP contribution in [0.5, 0.6) is 5.75 Å². The minimum atomic E-state index is -0.316. The lowest BCUT2D eigenvalue weighted by Crippen LogP contribution is -2.23. The zero-order valence-corrected chi connectivity index (χ0v) is 21.3. The van der Waals surface area contributed by atoms with Crippen LogP contribution in [-0.4, -0.2) is 27.4 Å². The number of pyridine rings is 1. The summed E-state index contributed by atoms with van der Waals surface area (Å²) in [5.41, 5.74) is 2.70. The number of thiophene rings is 1. The highest BCUT2D eigenvalue weighted by Gasteiger charge is 2.10. The van der Waals surface area contributed by atoms with Gasteiger partial charge < -0.3 is 15.4 Å². The molecule has 0 atom stereocenters. The molecule has 3 aromatic heterocycles. The van der Waals surface area contributed by atoms with Gasteiger partial charge in [-0.05, 0) is 54.1 Å². The zero-order valence-electron chi connectivity index (χ0n) is 19.7. The molecular weight excluding hydrogens is 525 g/mol. The number of nitrogens with zero attached hydrogens (tertiary/aromatic N) is 3. The van der Waals surface area contributed by atoms with Gasteiger partial charge in [0.1, 0.15) is 24.5 Å². The molecule has 5 aromatic rings. The highest BCUT2D eigenvalue weighted by Crippen LogP contribution is 2.33. The van der Waals surface area contributed by atoms with Crippen molar-refractivity contribution in [3.05, 3.63) is 106 Å². The standard InChI is InChI=1S/C28H19ClFN5O2S/c29-23-14-21(6-7-25(23)37-16-18-3-1-4-20(30)13-18)35-27-26-24(33-17-34-27)15-22(38-26)5-2-10-32-28(36)19-8-11-31-12-9-19/h1,3-4,6-9,11-15,17H,10,16H2,(H,32,36)(H,33,34,35). The van der Waals surface area contributed by atoms with E-state index in [9.17, 15) is 9.18 Å². The normalized spacial score (nSPS) is 10.5. The maximum absolute atomic E-state index is 13.4. The third-order valence-electron chi connectivity index (χ3n) is 5.28. The Morgan fingerprint density at radius 1 is 1.08 bits per heavy atom. The van der Waals surface area contributed by atoms with E-state index in [-0.39, 0.29) is 24.9 Å². The number of aromatic nitrogens is 3. The summed E-state index contributed by atoms with van der Waals surface area (Å²) in [6.45, 7) is 0.404. The Morgan fingerprint density at radius 2 is 1.95 bits per heavy atom. The summed E-state index contributed by atoms with van der Waals surface area (Å²) in [6.07, 6.45) is 4.60. The Labute approximate surface area is 226 Å². The first-order chi connectivity index (χ1) is 18.5. The Balaban J connectivity index is 1.24. The third-order valence-corrected chi connectivity index (χ3v) is 6.62. The number of hydrogen-bond donors (Lipinski definition) is 2. The van der Waals surface area contributed by atoms with Crippen molar-refractivity contribution in [1.29, 1.82) is 0 Å². The van der Waals surface area contributed by atoms with E-state index < -0.39 is 0 Å². The van der Waals surface area contributed by atoms with Crippen LogP contribution in [-0.2, 0) is 6.61 Å². The summed E-state index contributed by atoms with van der Waals surface area (Å²) in [7, 11) is 0. The van der Waals surface area contributed by atoms with Crippen molar-refractivity contribution in [2.75, 3.05) is 11.9 Å². The molecule has 0 aliphatic carbocycles. The first-order valence-corrected chi connectivity index (χ1v) is 12.6. The smallest absolute Gasteiger partial charge is 0.252 e. The minimum Gasteiger partial charge on any atom is -0.487 e. The lowest BCUT2D eigenvalue weighted by molar-refractivity contribution is 0.0958. The zero-order chi connectivity index (χ0) is 26.3. The number of amides is 1. The molecule has 0 aliphatic heterocycles. The number of carbonyl (C=O) groups is 1. The topological polar surface area (TPSA) is 89.0 Å². The van der Waals surface area contributed by atoms with Crippen molar-refractivity contribution in [3.63, 3.8) is 0 Å². The molecule has 7 nitrogen and oxygen atoms in total. The molecule has 0 aliphatic rings. The van der Waals surface area contributed by atoms with Gasteiger partial charge in [-0.1, -0.05) is 35.6 Å². The highest BCUT2D eigenvalue weighted by atomic mass is 35.5. The molecule has 0 saturated carbocycles. The van der Waals surface area contributed by atoms with E-state index in [1.165, 1.54) is 29.8 Å². The minimum absolute atomic E-state index is 0.198. The van der Waals surface area contributed by atoms with Gasteiger partial charge in [-0.3, -0.25) is 9.78 Å². The predicted molar refractivity (Wildman–Crippen MR) is 146 cm³/mol. The van der Waals surface area contributed by atoms with E-state index in [1.54, 1.807) is 48.8 Å². The van der Waals surface area contributed by atoms with Crippen LogP contribution in [0.4, 0.5) is 15.9 Å². The second kappa shape index (κ2) is 11.7. The Morgan fingerprint density at radius 3 is 2.76 bits per heavy atom. The highest BCUT2D eigenvalue weighted by molar-refractivity contribution is 7.20. The van der Waals surface area contributed by atoms with Crippen molar-refractivity contribution in [3.8, 4) is 17.6 Å². The summed E-state index contributed by atoms with van der Waals surface area (Å²) < 4.78 is 20.0. The van der Waals surface area contributed by atoms with Gasteiger partial charge in [-0.15, -0.1) is 11.3 Å². The molecule has 3 heterocycles. The maximum Gasteiger partial charge on any atom is 0.252 e. The Bertz CT molecular complexity index is 1670. The van der Waals surface area contributed by atoms with Crippen molar-refractivity contribution in [2.24, 2.45) is 0 Å². The SMILES string of the molecule is O=C(NCC#Cc1cc2ncnc(Nc3ccc(OCc4cccc(F)c4)c(Cl)c3)c2s1)c1ccncc1. The fourth-order valence-electron chi connectivity index (χ4n) is 3.49. The van der Waals surface area contributed by atoms with Crippen LogP contribution < -0.4 is 15.4 Å². The van der Waals surface area contributed by atoms with Crippen LogP contribution in [0.2, 0.25) is 5.02 Å². The monoisotopic (exact) mass is 543 g/mol. The second-order valence-corrected chi connectivity index (χ2v) is 9.42. The molecule has 10 heteroatoms. The molecule has 0 radical (unpaired) electrons. The molecule has 38 heavy (non-hydrogen) atoms. The first-order valence-electron chi connectivity index (χ1n) is 11.4. The first kappa shape index (κ1) is 25.1. The number of ether oxygens (including phenoxy) is 1. The van der Waals surface area contributed by atoms with Crippen LogP contribution in [0, 0.1) is 17.7 Å². The number of carbonyl (C=O) groups excluding carboxylic acids is 1. The van der Waals surface area contributed by atoms with Gasteiger partial charge in [0.05, 0.1) is 26.7 Å². The maximum atomic E-state index is 13.4. The average Bonchev–Trinajstić information content (AvgIpc) is 3.35. The molecule has 0 unspecified atom stereocenters. The van der Waals surface area contributed by atoms with Crippen molar-refractivity contribution in [2.45, 2.75) is 6.61 Å². The van der Waals surface area contributed by atoms with Gasteiger partial charge >= 0.3 is 0 Å². The van der Waals surface area contributed by atoms with Crippen LogP contribution in [0.25, 0.3) is 10.2 Å². The average molecular weight is 544 g/mol. The largest absolute Gasteiger partial charge is 0.487 e. The van der Waals surface area contributed by atoms with Crippen molar-refractivity contribution >= 4 is 50.6 Å². The molecule has 0 bridgehead atoms. The molecule has 188 valence electrons. The van der Waals surface area contributed by atoms with Gasteiger partial charge in [0.15, 0.2) is 5.82 Å². The fraction of sp³-hybridized carbons (Fsp3) is 0.0714. The number of halogens is 2. The van der Waals surface area contributed by atoms with Gasteiger partial charge in [0.2, 0.25) is 0 Å². The number of nitrogens with one attached hydrogen (secondary N) is 2.